The zero-order chi connectivity index (χ0) is 23.0. The summed E-state index contributed by atoms with van der Waals surface area (Å²) in [5.74, 6) is 1.12. The van der Waals surface area contributed by atoms with Gasteiger partial charge in [-0.25, -0.2) is 8.78 Å². The Kier molecular flexibility index (Phi) is 6.59. The first kappa shape index (κ1) is 22.8. The van der Waals surface area contributed by atoms with Crippen molar-refractivity contribution in [1.82, 2.24) is 19.9 Å². The van der Waals surface area contributed by atoms with Crippen LogP contribution < -0.4 is 15.5 Å². The Morgan fingerprint density at radius 3 is 2.31 bits per heavy atom. The van der Waals surface area contributed by atoms with Gasteiger partial charge in [0, 0.05) is 30.9 Å². The molecule has 0 spiro atoms. The maximum atomic E-state index is 13.9. The van der Waals surface area contributed by atoms with E-state index < -0.39 is 12.6 Å². The van der Waals surface area contributed by atoms with Crippen LogP contribution in [0.2, 0.25) is 0 Å². The van der Waals surface area contributed by atoms with Gasteiger partial charge in [-0.05, 0) is 26.8 Å². The summed E-state index contributed by atoms with van der Waals surface area (Å²) in [7, 11) is 1.74. The van der Waals surface area contributed by atoms with Gasteiger partial charge in [-0.1, -0.05) is 0 Å². The minimum atomic E-state index is -2.70. The van der Waals surface area contributed by atoms with E-state index in [0.717, 1.165) is 0 Å². The molecule has 1 aromatic heterocycles. The summed E-state index contributed by atoms with van der Waals surface area (Å²) in [6, 6.07) is 0.115. The van der Waals surface area contributed by atoms with Gasteiger partial charge in [0.05, 0.1) is 50.7 Å². The van der Waals surface area contributed by atoms with Gasteiger partial charge in [0.1, 0.15) is 0 Å². The van der Waals surface area contributed by atoms with Gasteiger partial charge in [-0.2, -0.15) is 15.0 Å². The van der Waals surface area contributed by atoms with Crippen molar-refractivity contribution in [3.05, 3.63) is 23.7 Å². The molecule has 2 saturated heterocycles. The van der Waals surface area contributed by atoms with E-state index >= 15 is 0 Å². The van der Waals surface area contributed by atoms with Gasteiger partial charge in [-0.3, -0.25) is 0 Å². The average Bonchev–Trinajstić information content (AvgIpc) is 2.75. The van der Waals surface area contributed by atoms with Crippen molar-refractivity contribution in [2.75, 3.05) is 49.8 Å². The molecule has 0 radical (unpaired) electrons. The molecule has 0 bridgehead atoms. The lowest BCUT2D eigenvalue weighted by molar-refractivity contribution is 0.0746. The highest BCUT2D eigenvalue weighted by Crippen LogP contribution is 2.33. The van der Waals surface area contributed by atoms with Crippen molar-refractivity contribution < 1.29 is 18.3 Å². The number of likely N-dealkylation sites (N-methyl/N-ethyl adjacent to an activating group) is 1. The first-order valence-corrected chi connectivity index (χ1v) is 10.9. The van der Waals surface area contributed by atoms with Crippen LogP contribution in [-0.2, 0) is 9.47 Å². The van der Waals surface area contributed by atoms with Crippen LogP contribution in [0, 0.1) is 0 Å². The summed E-state index contributed by atoms with van der Waals surface area (Å²) >= 11 is 0. The van der Waals surface area contributed by atoms with Crippen LogP contribution in [0.3, 0.4) is 0 Å². The van der Waals surface area contributed by atoms with Gasteiger partial charge in [-0.15, -0.1) is 0 Å². The van der Waals surface area contributed by atoms with Crippen LogP contribution in [-0.4, -0.2) is 90.6 Å². The highest BCUT2D eigenvalue weighted by molar-refractivity contribution is 5.78. The number of halogens is 2. The number of nitrogens with two attached hydrogens (primary N) is 1. The number of ether oxygens (including phenoxy) is 2. The van der Waals surface area contributed by atoms with E-state index in [1.807, 2.05) is 25.7 Å². The minimum absolute atomic E-state index is 0.0329. The highest BCUT2D eigenvalue weighted by Gasteiger charge is 2.33. The zero-order valence-corrected chi connectivity index (χ0v) is 18.9. The van der Waals surface area contributed by atoms with Gasteiger partial charge < -0.3 is 29.9 Å². The Labute approximate surface area is 186 Å². The largest absolute Gasteiger partial charge is 0.377 e. The Morgan fingerprint density at radius 1 is 1.00 bits per heavy atom. The van der Waals surface area contributed by atoms with E-state index in [1.54, 1.807) is 18.1 Å². The van der Waals surface area contributed by atoms with Crippen molar-refractivity contribution in [1.29, 1.82) is 0 Å². The van der Waals surface area contributed by atoms with Gasteiger partial charge in [0.15, 0.2) is 5.82 Å². The van der Waals surface area contributed by atoms with Crippen molar-refractivity contribution >= 4 is 17.5 Å². The Morgan fingerprint density at radius 2 is 1.66 bits per heavy atom. The number of nitrogens with zero attached hydrogens (tertiary/aromatic N) is 6. The molecule has 32 heavy (non-hydrogen) atoms. The molecule has 0 saturated carbocycles. The van der Waals surface area contributed by atoms with E-state index in [1.165, 1.54) is 6.08 Å². The molecule has 4 rings (SSSR count). The molecule has 11 heteroatoms. The fourth-order valence-electron chi connectivity index (χ4n) is 4.27. The lowest BCUT2D eigenvalue weighted by Gasteiger charge is -2.40. The van der Waals surface area contributed by atoms with Crippen molar-refractivity contribution in [2.24, 2.45) is 5.73 Å². The van der Waals surface area contributed by atoms with Gasteiger partial charge >= 0.3 is 0 Å². The second-order valence-corrected chi connectivity index (χ2v) is 8.64. The third-order valence-corrected chi connectivity index (χ3v) is 6.08. The fourth-order valence-corrected chi connectivity index (χ4v) is 4.27. The normalized spacial score (nSPS) is 29.3. The molecule has 0 amide bonds. The first-order chi connectivity index (χ1) is 15.3. The van der Waals surface area contributed by atoms with Crippen molar-refractivity contribution in [3.8, 4) is 0 Å². The van der Waals surface area contributed by atoms with E-state index in [2.05, 4.69) is 14.9 Å². The van der Waals surface area contributed by atoms with Crippen LogP contribution in [0.5, 0.6) is 0 Å². The number of alkyl halides is 2. The minimum Gasteiger partial charge on any atom is -0.377 e. The van der Waals surface area contributed by atoms with E-state index in [4.69, 9.17) is 20.2 Å². The number of allylic oxidation sites excluding steroid dienone is 2. The Bertz CT molecular complexity index is 887. The fraction of sp³-hybridized carbons (Fsp3) is 0.667. The summed E-state index contributed by atoms with van der Waals surface area (Å²) < 4.78 is 39.1. The summed E-state index contributed by atoms with van der Waals surface area (Å²) in [6.07, 6.45) is -0.389. The van der Waals surface area contributed by atoms with Crippen LogP contribution in [0.4, 0.5) is 20.7 Å². The topological polar surface area (TPSA) is 92.9 Å². The zero-order valence-electron chi connectivity index (χ0n) is 18.9. The molecular formula is C21H31F2N7O2. The lowest BCUT2D eigenvalue weighted by atomic mass is 10.0. The summed E-state index contributed by atoms with van der Waals surface area (Å²) in [5, 5.41) is 0. The molecule has 2 fully saturated rings. The Balaban J connectivity index is 1.83. The second kappa shape index (κ2) is 9.24. The number of aromatic nitrogens is 3. The molecule has 1 unspecified atom stereocenters. The van der Waals surface area contributed by atoms with E-state index in [0.29, 0.717) is 44.9 Å². The third-order valence-electron chi connectivity index (χ3n) is 6.08. The van der Waals surface area contributed by atoms with Crippen molar-refractivity contribution in [3.63, 3.8) is 0 Å². The molecule has 176 valence electrons. The summed E-state index contributed by atoms with van der Waals surface area (Å²) in [5.41, 5.74) is 6.05. The molecule has 3 aliphatic heterocycles. The maximum absolute atomic E-state index is 13.9. The van der Waals surface area contributed by atoms with Crippen LogP contribution in [0.25, 0.3) is 5.57 Å². The highest BCUT2D eigenvalue weighted by atomic mass is 19.3. The molecule has 9 nitrogen and oxygen atoms in total. The SMILES string of the molecule is C[C@@H]1COCCN1c1nc(C2=CN(C)C(N)C=C2C(F)F)nc(N2[C@H](C)COC[C@@H]2C)n1. The van der Waals surface area contributed by atoms with Crippen LogP contribution >= 0.6 is 0 Å². The number of hydrogen-bond acceptors (Lipinski definition) is 9. The monoisotopic (exact) mass is 451 g/mol. The van der Waals surface area contributed by atoms with Crippen molar-refractivity contribution in [2.45, 2.75) is 51.5 Å². The lowest BCUT2D eigenvalue weighted by Crippen LogP contribution is -2.51. The molecule has 4 atom stereocenters. The number of anilines is 2. The molecule has 4 heterocycles. The molecular weight excluding hydrogens is 420 g/mol. The molecule has 1 aromatic rings. The smallest absolute Gasteiger partial charge is 0.264 e. The van der Waals surface area contributed by atoms with E-state index in [-0.39, 0.29) is 35.1 Å². The molecule has 0 aromatic carbocycles. The number of hydrogen-bond donors (Lipinski definition) is 1. The summed E-state index contributed by atoms with van der Waals surface area (Å²) in [4.78, 5) is 19.9. The van der Waals surface area contributed by atoms with Gasteiger partial charge in [0.25, 0.3) is 6.43 Å². The average molecular weight is 452 g/mol. The molecule has 3 aliphatic rings. The number of rotatable bonds is 4. The van der Waals surface area contributed by atoms with Gasteiger partial charge in [0.2, 0.25) is 11.9 Å². The standard InChI is InChI=1S/C21H31F2N7O2/c1-12-9-31-6-5-29(12)20-25-19(16-8-28(4)17(24)7-15(16)18(22)23)26-21(27-20)30-13(2)10-32-11-14(30)3/h7-8,12-14,17-18H,5-6,9-11,24H2,1-4H3/t12-,13-,14+,17?/m1/s1. The number of morpholine rings is 2. The van der Waals surface area contributed by atoms with Crippen LogP contribution in [0.15, 0.2) is 17.8 Å². The van der Waals surface area contributed by atoms with Crippen LogP contribution in [0.1, 0.15) is 26.6 Å². The Hall–Kier alpha value is -2.37. The molecule has 2 N–H and O–H groups in total. The third kappa shape index (κ3) is 4.41. The molecule has 0 aliphatic carbocycles. The maximum Gasteiger partial charge on any atom is 0.264 e. The predicted octanol–water partition coefficient (Wildman–Crippen LogP) is 1.47. The quantitative estimate of drug-likeness (QED) is 0.731. The second-order valence-electron chi connectivity index (χ2n) is 8.64. The van der Waals surface area contributed by atoms with E-state index in [9.17, 15) is 8.78 Å². The predicted molar refractivity (Wildman–Crippen MR) is 117 cm³/mol. The summed E-state index contributed by atoms with van der Waals surface area (Å²) in [6.45, 7) is 8.88. The first-order valence-electron chi connectivity index (χ1n) is 10.9.